The summed E-state index contributed by atoms with van der Waals surface area (Å²) in [7, 11) is 0. The zero-order valence-corrected chi connectivity index (χ0v) is 15.7. The molecule has 1 N–H and O–H groups in total. The van der Waals surface area contributed by atoms with E-state index in [0.29, 0.717) is 23.7 Å². The Morgan fingerprint density at radius 3 is 2.72 bits per heavy atom. The third kappa shape index (κ3) is 4.55. The molecule has 0 saturated carbocycles. The first-order chi connectivity index (χ1) is 12.2. The van der Waals surface area contributed by atoms with Crippen molar-refractivity contribution >= 4 is 23.6 Å². The van der Waals surface area contributed by atoms with Crippen molar-refractivity contribution in [3.8, 4) is 0 Å². The lowest BCUT2D eigenvalue weighted by Crippen LogP contribution is -2.49. The summed E-state index contributed by atoms with van der Waals surface area (Å²) in [5.41, 5.74) is 1.64. The SMILES string of the molecule is Cc1ccccc1C(=O)N1CSCC1C(=O)NCCN1CCCCC1. The highest BCUT2D eigenvalue weighted by Crippen LogP contribution is 2.24. The molecule has 2 fully saturated rings. The molecule has 1 unspecified atom stereocenters. The number of hydrogen-bond acceptors (Lipinski definition) is 4. The maximum Gasteiger partial charge on any atom is 0.255 e. The molecule has 136 valence electrons. The highest BCUT2D eigenvalue weighted by atomic mass is 32.2. The molecule has 2 heterocycles. The average Bonchev–Trinajstić information content (AvgIpc) is 3.12. The zero-order valence-electron chi connectivity index (χ0n) is 14.9. The van der Waals surface area contributed by atoms with Gasteiger partial charge in [0.2, 0.25) is 5.91 Å². The van der Waals surface area contributed by atoms with Gasteiger partial charge in [-0.25, -0.2) is 0 Å². The van der Waals surface area contributed by atoms with Crippen molar-refractivity contribution in [1.29, 1.82) is 0 Å². The quantitative estimate of drug-likeness (QED) is 0.873. The summed E-state index contributed by atoms with van der Waals surface area (Å²) >= 11 is 1.64. The molecule has 5 nitrogen and oxygen atoms in total. The second-order valence-electron chi connectivity index (χ2n) is 6.80. The van der Waals surface area contributed by atoms with Gasteiger partial charge in [0.15, 0.2) is 0 Å². The Bertz CT molecular complexity index is 616. The Kier molecular flexibility index (Phi) is 6.37. The summed E-state index contributed by atoms with van der Waals surface area (Å²) in [6.45, 7) is 5.76. The summed E-state index contributed by atoms with van der Waals surface area (Å²) in [5, 5.41) is 3.04. The predicted molar refractivity (Wildman–Crippen MR) is 102 cm³/mol. The first-order valence-electron chi connectivity index (χ1n) is 9.11. The normalized spacial score (nSPS) is 21.3. The molecule has 2 aliphatic rings. The molecule has 0 radical (unpaired) electrons. The summed E-state index contributed by atoms with van der Waals surface area (Å²) in [6.07, 6.45) is 3.83. The van der Waals surface area contributed by atoms with Gasteiger partial charge in [0.1, 0.15) is 6.04 Å². The smallest absolute Gasteiger partial charge is 0.255 e. The van der Waals surface area contributed by atoms with Gasteiger partial charge in [-0.05, 0) is 44.5 Å². The van der Waals surface area contributed by atoms with E-state index in [1.54, 1.807) is 16.7 Å². The summed E-state index contributed by atoms with van der Waals surface area (Å²) < 4.78 is 0. The molecule has 1 aromatic carbocycles. The number of likely N-dealkylation sites (tertiary alicyclic amines) is 1. The van der Waals surface area contributed by atoms with E-state index in [1.165, 1.54) is 19.3 Å². The van der Waals surface area contributed by atoms with Crippen molar-refractivity contribution in [1.82, 2.24) is 15.1 Å². The predicted octanol–water partition coefficient (Wildman–Crippen LogP) is 2.11. The minimum absolute atomic E-state index is 0.0241. The fourth-order valence-electron chi connectivity index (χ4n) is 3.47. The largest absolute Gasteiger partial charge is 0.353 e. The molecule has 25 heavy (non-hydrogen) atoms. The molecule has 2 saturated heterocycles. The van der Waals surface area contributed by atoms with E-state index in [0.717, 1.165) is 25.2 Å². The second-order valence-corrected chi connectivity index (χ2v) is 7.80. The highest BCUT2D eigenvalue weighted by molar-refractivity contribution is 7.99. The molecule has 2 aliphatic heterocycles. The number of thioether (sulfide) groups is 1. The molecule has 1 aromatic rings. The Morgan fingerprint density at radius 1 is 1.20 bits per heavy atom. The molecule has 0 bridgehead atoms. The van der Waals surface area contributed by atoms with E-state index >= 15 is 0 Å². The van der Waals surface area contributed by atoms with Crippen molar-refractivity contribution in [2.24, 2.45) is 0 Å². The molecular weight excluding hydrogens is 334 g/mol. The third-order valence-electron chi connectivity index (χ3n) is 5.00. The Morgan fingerprint density at radius 2 is 1.96 bits per heavy atom. The minimum Gasteiger partial charge on any atom is -0.353 e. The number of nitrogens with zero attached hydrogens (tertiary/aromatic N) is 2. The number of carbonyl (C=O) groups excluding carboxylic acids is 2. The van der Waals surface area contributed by atoms with Gasteiger partial charge >= 0.3 is 0 Å². The zero-order chi connectivity index (χ0) is 17.6. The Balaban J connectivity index is 1.54. The monoisotopic (exact) mass is 361 g/mol. The lowest BCUT2D eigenvalue weighted by atomic mass is 10.1. The van der Waals surface area contributed by atoms with Gasteiger partial charge in [-0.15, -0.1) is 11.8 Å². The van der Waals surface area contributed by atoms with E-state index in [-0.39, 0.29) is 17.9 Å². The summed E-state index contributed by atoms with van der Waals surface area (Å²) in [6, 6.07) is 7.21. The maximum atomic E-state index is 12.8. The molecule has 3 rings (SSSR count). The Labute approximate surface area is 154 Å². The van der Waals surface area contributed by atoms with Crippen LogP contribution in [-0.2, 0) is 4.79 Å². The first kappa shape index (κ1) is 18.3. The van der Waals surface area contributed by atoms with Gasteiger partial charge in [0.05, 0.1) is 5.88 Å². The number of piperidine rings is 1. The van der Waals surface area contributed by atoms with E-state index in [4.69, 9.17) is 0 Å². The van der Waals surface area contributed by atoms with Crippen LogP contribution in [0.5, 0.6) is 0 Å². The van der Waals surface area contributed by atoms with Crippen LogP contribution < -0.4 is 5.32 Å². The van der Waals surface area contributed by atoms with Gasteiger partial charge in [0, 0.05) is 24.4 Å². The topological polar surface area (TPSA) is 52.7 Å². The van der Waals surface area contributed by atoms with Gasteiger partial charge in [-0.3, -0.25) is 9.59 Å². The molecule has 0 spiro atoms. The number of amides is 2. The maximum absolute atomic E-state index is 12.8. The van der Waals surface area contributed by atoms with Crippen LogP contribution in [0.1, 0.15) is 35.2 Å². The first-order valence-corrected chi connectivity index (χ1v) is 10.3. The molecule has 1 atom stereocenters. The van der Waals surface area contributed by atoms with E-state index in [2.05, 4.69) is 10.2 Å². The number of nitrogens with one attached hydrogen (secondary N) is 1. The second kappa shape index (κ2) is 8.72. The van der Waals surface area contributed by atoms with Crippen molar-refractivity contribution in [3.63, 3.8) is 0 Å². The fraction of sp³-hybridized carbons (Fsp3) is 0.579. The van der Waals surface area contributed by atoms with Gasteiger partial charge in [0.25, 0.3) is 5.91 Å². The van der Waals surface area contributed by atoms with Crippen molar-refractivity contribution in [2.75, 3.05) is 37.8 Å². The van der Waals surface area contributed by atoms with E-state index in [9.17, 15) is 9.59 Å². The molecule has 0 aliphatic carbocycles. The van der Waals surface area contributed by atoms with Crippen LogP contribution in [-0.4, -0.2) is 65.5 Å². The number of carbonyl (C=O) groups is 2. The van der Waals surface area contributed by atoms with Crippen LogP contribution in [0, 0.1) is 6.92 Å². The van der Waals surface area contributed by atoms with Crippen LogP contribution >= 0.6 is 11.8 Å². The molecule has 6 heteroatoms. The summed E-state index contributed by atoms with van der Waals surface area (Å²) in [5.74, 6) is 1.19. The number of aryl methyl sites for hydroxylation is 1. The number of hydrogen-bond donors (Lipinski definition) is 1. The van der Waals surface area contributed by atoms with Gasteiger partial charge in [-0.1, -0.05) is 24.6 Å². The molecular formula is C19H27N3O2S. The van der Waals surface area contributed by atoms with E-state index < -0.39 is 0 Å². The van der Waals surface area contributed by atoms with E-state index in [1.807, 2.05) is 31.2 Å². The lowest BCUT2D eigenvalue weighted by molar-refractivity contribution is -0.124. The average molecular weight is 362 g/mol. The Hall–Kier alpha value is -1.53. The van der Waals surface area contributed by atoms with Crippen LogP contribution in [0.4, 0.5) is 0 Å². The molecule has 2 amide bonds. The van der Waals surface area contributed by atoms with Gasteiger partial charge < -0.3 is 15.1 Å². The van der Waals surface area contributed by atoms with Crippen molar-refractivity contribution in [2.45, 2.75) is 32.2 Å². The molecule has 0 aromatic heterocycles. The standard InChI is InChI=1S/C19H27N3O2S/c1-15-7-3-4-8-16(15)19(24)22-14-25-13-17(22)18(23)20-9-12-21-10-5-2-6-11-21/h3-4,7-8,17H,2,5-6,9-14H2,1H3,(H,20,23). The lowest BCUT2D eigenvalue weighted by Gasteiger charge is -2.27. The number of benzene rings is 1. The summed E-state index contributed by atoms with van der Waals surface area (Å²) in [4.78, 5) is 29.5. The van der Waals surface area contributed by atoms with Crippen molar-refractivity contribution < 1.29 is 9.59 Å². The third-order valence-corrected chi connectivity index (χ3v) is 6.01. The minimum atomic E-state index is -0.363. The number of rotatable bonds is 5. The fourth-order valence-corrected chi connectivity index (χ4v) is 4.62. The van der Waals surface area contributed by atoms with Crippen LogP contribution in [0.15, 0.2) is 24.3 Å². The van der Waals surface area contributed by atoms with Gasteiger partial charge in [-0.2, -0.15) is 0 Å². The van der Waals surface area contributed by atoms with Crippen molar-refractivity contribution in [3.05, 3.63) is 35.4 Å². The van der Waals surface area contributed by atoms with Crippen LogP contribution in [0.2, 0.25) is 0 Å². The highest BCUT2D eigenvalue weighted by Gasteiger charge is 2.35. The van der Waals surface area contributed by atoms with Crippen LogP contribution in [0.25, 0.3) is 0 Å². The van der Waals surface area contributed by atoms with Crippen LogP contribution in [0.3, 0.4) is 0 Å².